The minimum atomic E-state index is -1.07. The summed E-state index contributed by atoms with van der Waals surface area (Å²) < 4.78 is 1.51. The minimum absolute atomic E-state index is 0.124. The number of aromatic nitrogens is 3. The summed E-state index contributed by atoms with van der Waals surface area (Å²) in [5.74, 6) is -1.07. The van der Waals surface area contributed by atoms with Gasteiger partial charge in [-0.15, -0.1) is 5.10 Å². The van der Waals surface area contributed by atoms with E-state index in [9.17, 15) is 4.79 Å². The first-order chi connectivity index (χ1) is 8.97. The van der Waals surface area contributed by atoms with Crippen molar-refractivity contribution < 1.29 is 9.90 Å². The molecule has 0 saturated carbocycles. The topological polar surface area (TPSA) is 94.0 Å². The average Bonchev–Trinajstić information content (AvgIpc) is 2.80. The van der Waals surface area contributed by atoms with Gasteiger partial charge >= 0.3 is 5.97 Å². The van der Waals surface area contributed by atoms with Gasteiger partial charge < -0.3 is 10.8 Å². The summed E-state index contributed by atoms with van der Waals surface area (Å²) in [5, 5.41) is 17.1. The first-order valence-corrected chi connectivity index (χ1v) is 6.01. The van der Waals surface area contributed by atoms with Crippen molar-refractivity contribution in [2.24, 2.45) is 5.73 Å². The molecule has 1 aromatic heterocycles. The number of rotatable bonds is 4. The van der Waals surface area contributed by atoms with Crippen molar-refractivity contribution in [1.29, 1.82) is 0 Å². The highest BCUT2D eigenvalue weighted by Crippen LogP contribution is 2.21. The molecule has 0 aliphatic carbocycles. The van der Waals surface area contributed by atoms with Crippen LogP contribution in [0, 0.1) is 6.92 Å². The van der Waals surface area contributed by atoms with Crippen molar-refractivity contribution >= 4 is 17.6 Å². The highest BCUT2D eigenvalue weighted by Gasteiger charge is 2.15. The van der Waals surface area contributed by atoms with Gasteiger partial charge in [0.05, 0.1) is 22.6 Å². The van der Waals surface area contributed by atoms with E-state index in [1.165, 1.54) is 4.68 Å². The molecule has 7 heteroatoms. The predicted octanol–water partition coefficient (Wildman–Crippen LogP) is 1.18. The first-order valence-electron chi connectivity index (χ1n) is 5.63. The molecule has 1 aromatic carbocycles. The number of carbonyl (C=O) groups is 1. The number of hydrogen-bond acceptors (Lipinski definition) is 4. The summed E-state index contributed by atoms with van der Waals surface area (Å²) in [6.45, 7) is 1.94. The average molecular weight is 281 g/mol. The van der Waals surface area contributed by atoms with Crippen LogP contribution in [0.1, 0.15) is 11.3 Å². The van der Waals surface area contributed by atoms with Gasteiger partial charge in [-0.1, -0.05) is 22.9 Å². The molecule has 19 heavy (non-hydrogen) atoms. The van der Waals surface area contributed by atoms with Gasteiger partial charge in [0.1, 0.15) is 6.04 Å². The summed E-state index contributed by atoms with van der Waals surface area (Å²) in [4.78, 5) is 10.7. The van der Waals surface area contributed by atoms with Crippen LogP contribution >= 0.6 is 11.6 Å². The molecule has 2 aromatic rings. The Balaban J connectivity index is 2.26. The number of nitrogens with two attached hydrogens (primary N) is 1. The van der Waals surface area contributed by atoms with Gasteiger partial charge in [-0.25, -0.2) is 4.68 Å². The van der Waals surface area contributed by atoms with E-state index in [1.54, 1.807) is 12.3 Å². The number of hydrogen-bond donors (Lipinski definition) is 2. The molecule has 0 radical (unpaired) electrons. The summed E-state index contributed by atoms with van der Waals surface area (Å²) in [6, 6.07) is 4.55. The number of aryl methyl sites for hydroxylation is 1. The fraction of sp³-hybridized carbons (Fsp3) is 0.250. The third kappa shape index (κ3) is 3.10. The largest absolute Gasteiger partial charge is 0.480 e. The Morgan fingerprint density at radius 1 is 1.58 bits per heavy atom. The van der Waals surface area contributed by atoms with Gasteiger partial charge in [0.25, 0.3) is 0 Å². The third-order valence-corrected chi connectivity index (χ3v) is 2.96. The van der Waals surface area contributed by atoms with Crippen molar-refractivity contribution in [3.8, 4) is 5.69 Å². The summed E-state index contributed by atoms with van der Waals surface area (Å²) in [6.07, 6.45) is 1.75. The van der Waals surface area contributed by atoms with Crippen LogP contribution in [0.2, 0.25) is 5.02 Å². The van der Waals surface area contributed by atoms with Crippen LogP contribution in [0.3, 0.4) is 0 Å². The molecule has 6 nitrogen and oxygen atoms in total. The van der Waals surface area contributed by atoms with Crippen molar-refractivity contribution in [2.75, 3.05) is 0 Å². The zero-order valence-electron chi connectivity index (χ0n) is 10.2. The molecule has 1 heterocycles. The lowest BCUT2D eigenvalue weighted by Gasteiger charge is -2.04. The first kappa shape index (κ1) is 13.5. The van der Waals surface area contributed by atoms with Crippen molar-refractivity contribution in [1.82, 2.24) is 15.0 Å². The fourth-order valence-corrected chi connectivity index (χ4v) is 1.82. The number of benzene rings is 1. The Morgan fingerprint density at radius 2 is 2.32 bits per heavy atom. The molecular formula is C12H13ClN4O2. The van der Waals surface area contributed by atoms with Crippen LogP contribution in [0.4, 0.5) is 0 Å². The monoisotopic (exact) mass is 280 g/mol. The maximum absolute atomic E-state index is 10.7. The molecule has 1 atom stereocenters. The van der Waals surface area contributed by atoms with Crippen LogP contribution in [-0.2, 0) is 11.2 Å². The Bertz CT molecular complexity index is 612. The lowest BCUT2D eigenvalue weighted by Crippen LogP contribution is -2.32. The zero-order valence-corrected chi connectivity index (χ0v) is 11.0. The SMILES string of the molecule is Cc1ccc(Cl)c(-n2cc(CC(N)C(=O)O)nn2)c1. The van der Waals surface area contributed by atoms with E-state index >= 15 is 0 Å². The summed E-state index contributed by atoms with van der Waals surface area (Å²) in [7, 11) is 0. The smallest absolute Gasteiger partial charge is 0.320 e. The molecular weight excluding hydrogens is 268 g/mol. The van der Waals surface area contributed by atoms with E-state index in [0.29, 0.717) is 16.4 Å². The summed E-state index contributed by atoms with van der Waals surface area (Å²) in [5.41, 5.74) is 7.69. The van der Waals surface area contributed by atoms with E-state index in [0.717, 1.165) is 5.56 Å². The number of carboxylic acid groups (broad SMARTS) is 1. The van der Waals surface area contributed by atoms with Gasteiger partial charge in [-0.2, -0.15) is 0 Å². The zero-order chi connectivity index (χ0) is 14.0. The highest BCUT2D eigenvalue weighted by atomic mass is 35.5. The molecule has 3 N–H and O–H groups in total. The second-order valence-corrected chi connectivity index (χ2v) is 4.67. The van der Waals surface area contributed by atoms with E-state index < -0.39 is 12.0 Å². The van der Waals surface area contributed by atoms with Gasteiger partial charge in [-0.05, 0) is 24.6 Å². The Hall–Kier alpha value is -1.92. The lowest BCUT2D eigenvalue weighted by molar-refractivity contribution is -0.138. The van der Waals surface area contributed by atoms with Crippen LogP contribution in [0.15, 0.2) is 24.4 Å². The number of carboxylic acids is 1. The van der Waals surface area contributed by atoms with E-state index in [1.807, 2.05) is 19.1 Å². The molecule has 1 unspecified atom stereocenters. The lowest BCUT2D eigenvalue weighted by atomic mass is 10.2. The van der Waals surface area contributed by atoms with Crippen molar-refractivity contribution in [3.05, 3.63) is 40.7 Å². The molecule has 0 aliphatic rings. The molecule has 0 aliphatic heterocycles. The predicted molar refractivity (Wildman–Crippen MR) is 70.4 cm³/mol. The molecule has 0 bridgehead atoms. The van der Waals surface area contributed by atoms with Gasteiger partial charge in [0, 0.05) is 6.42 Å². The molecule has 2 rings (SSSR count). The maximum Gasteiger partial charge on any atom is 0.320 e. The number of aliphatic carboxylic acids is 1. The van der Waals surface area contributed by atoms with E-state index in [-0.39, 0.29) is 6.42 Å². The van der Waals surface area contributed by atoms with Crippen molar-refractivity contribution in [2.45, 2.75) is 19.4 Å². The third-order valence-electron chi connectivity index (χ3n) is 2.64. The second kappa shape index (κ2) is 5.38. The molecule has 0 saturated heterocycles. The standard InChI is InChI=1S/C12H13ClN4O2/c1-7-2-3-9(13)11(4-7)17-6-8(15-16-17)5-10(14)12(18)19/h2-4,6,10H,5,14H2,1H3,(H,18,19). The molecule has 0 amide bonds. The Morgan fingerprint density at radius 3 is 3.00 bits per heavy atom. The normalized spacial score (nSPS) is 12.4. The maximum atomic E-state index is 10.7. The fourth-order valence-electron chi connectivity index (χ4n) is 1.62. The number of nitrogens with zero attached hydrogens (tertiary/aromatic N) is 3. The van der Waals surface area contributed by atoms with E-state index in [4.69, 9.17) is 22.4 Å². The van der Waals surface area contributed by atoms with E-state index in [2.05, 4.69) is 10.3 Å². The molecule has 0 spiro atoms. The van der Waals surface area contributed by atoms with Gasteiger partial charge in [-0.3, -0.25) is 4.79 Å². The second-order valence-electron chi connectivity index (χ2n) is 4.26. The van der Waals surface area contributed by atoms with Gasteiger partial charge in [0.15, 0.2) is 0 Å². The quantitative estimate of drug-likeness (QED) is 0.877. The Kier molecular flexibility index (Phi) is 3.82. The van der Waals surface area contributed by atoms with Crippen LogP contribution in [-0.4, -0.2) is 32.1 Å². The highest BCUT2D eigenvalue weighted by molar-refractivity contribution is 6.32. The van der Waals surface area contributed by atoms with Crippen molar-refractivity contribution in [3.63, 3.8) is 0 Å². The molecule has 100 valence electrons. The Labute approximate surface area is 114 Å². The van der Waals surface area contributed by atoms with Crippen LogP contribution in [0.25, 0.3) is 5.69 Å². The minimum Gasteiger partial charge on any atom is -0.480 e. The number of halogens is 1. The van der Waals surface area contributed by atoms with Crippen LogP contribution < -0.4 is 5.73 Å². The van der Waals surface area contributed by atoms with Crippen LogP contribution in [0.5, 0.6) is 0 Å². The molecule has 0 fully saturated rings. The van der Waals surface area contributed by atoms with Gasteiger partial charge in [0.2, 0.25) is 0 Å². The summed E-state index contributed by atoms with van der Waals surface area (Å²) >= 11 is 6.09.